The van der Waals surface area contributed by atoms with Crippen molar-refractivity contribution < 1.29 is 19.1 Å². The van der Waals surface area contributed by atoms with Crippen LogP contribution in [0.3, 0.4) is 0 Å². The highest BCUT2D eigenvalue weighted by Gasteiger charge is 2.40. The fraction of sp³-hybridized carbons (Fsp3) is 0.522. The third kappa shape index (κ3) is 4.54. The van der Waals surface area contributed by atoms with Gasteiger partial charge in [-0.05, 0) is 44.5 Å². The normalized spacial score (nSPS) is 23.0. The highest BCUT2D eigenvalue weighted by Crippen LogP contribution is 2.36. The number of allylic oxidation sites excluding steroid dienone is 1. The van der Waals surface area contributed by atoms with Gasteiger partial charge in [-0.3, -0.25) is 9.59 Å². The minimum absolute atomic E-state index is 0.207. The molecule has 2 saturated heterocycles. The van der Waals surface area contributed by atoms with Crippen molar-refractivity contribution in [3.63, 3.8) is 0 Å². The van der Waals surface area contributed by atoms with Crippen LogP contribution in [-0.4, -0.2) is 56.2 Å². The standard InChI is InChI=1S/C23H28ClN3O4/c1-14-10-15(2)26-22(29)19(14)13-25-21(28)18-11-17(24)12-20(16(18)3)27-6-4-23(5-7-27)30-8-9-31-23/h10-12,19H,4-9,13H2,1-3H3,(H,25,28). The molecule has 31 heavy (non-hydrogen) atoms. The Balaban J connectivity index is 1.47. The largest absolute Gasteiger partial charge is 0.371 e. The SMILES string of the molecule is CC1=CC(C)=NC(=O)C1CNC(=O)c1cc(Cl)cc(N2CCC3(CC2)OCCO3)c1C. The molecule has 8 heteroatoms. The number of hydrogen-bond acceptors (Lipinski definition) is 5. The first-order valence-corrected chi connectivity index (χ1v) is 11.0. The summed E-state index contributed by atoms with van der Waals surface area (Å²) in [6, 6.07) is 3.58. The zero-order valence-electron chi connectivity index (χ0n) is 18.2. The second-order valence-electron chi connectivity index (χ2n) is 8.43. The van der Waals surface area contributed by atoms with E-state index in [-0.39, 0.29) is 18.4 Å². The summed E-state index contributed by atoms with van der Waals surface area (Å²) in [6.45, 7) is 8.63. The maximum atomic E-state index is 13.0. The lowest BCUT2D eigenvalue weighted by Gasteiger charge is -2.39. The minimum Gasteiger partial charge on any atom is -0.371 e. The van der Waals surface area contributed by atoms with Gasteiger partial charge in [-0.15, -0.1) is 0 Å². The molecule has 3 heterocycles. The number of hydrogen-bond donors (Lipinski definition) is 1. The van der Waals surface area contributed by atoms with Gasteiger partial charge in [-0.1, -0.05) is 17.2 Å². The number of dihydropyridines is 1. The van der Waals surface area contributed by atoms with Crippen molar-refractivity contribution >= 4 is 34.8 Å². The second kappa shape index (κ2) is 8.73. The van der Waals surface area contributed by atoms with Crippen LogP contribution in [-0.2, 0) is 14.3 Å². The fourth-order valence-electron chi connectivity index (χ4n) is 4.55. The van der Waals surface area contributed by atoms with Crippen LogP contribution < -0.4 is 10.2 Å². The molecule has 1 aromatic carbocycles. The topological polar surface area (TPSA) is 80.2 Å². The third-order valence-corrected chi connectivity index (χ3v) is 6.52. The number of piperidine rings is 1. The lowest BCUT2D eigenvalue weighted by Crippen LogP contribution is -2.45. The first kappa shape index (κ1) is 22.0. The van der Waals surface area contributed by atoms with Gasteiger partial charge < -0.3 is 19.7 Å². The van der Waals surface area contributed by atoms with E-state index in [2.05, 4.69) is 15.2 Å². The van der Waals surface area contributed by atoms with Gasteiger partial charge in [0.1, 0.15) is 0 Å². The molecule has 3 aliphatic rings. The highest BCUT2D eigenvalue weighted by atomic mass is 35.5. The van der Waals surface area contributed by atoms with Crippen LogP contribution in [0.25, 0.3) is 0 Å². The van der Waals surface area contributed by atoms with E-state index in [0.717, 1.165) is 42.8 Å². The van der Waals surface area contributed by atoms with Crippen LogP contribution in [0.2, 0.25) is 5.02 Å². The van der Waals surface area contributed by atoms with Crippen LogP contribution in [0.5, 0.6) is 0 Å². The summed E-state index contributed by atoms with van der Waals surface area (Å²) in [5.74, 6) is -1.36. The number of halogens is 1. The van der Waals surface area contributed by atoms with Crippen LogP contribution in [0.15, 0.2) is 28.8 Å². The van der Waals surface area contributed by atoms with Gasteiger partial charge in [0.25, 0.3) is 11.8 Å². The van der Waals surface area contributed by atoms with E-state index >= 15 is 0 Å². The Morgan fingerprint density at radius 3 is 2.55 bits per heavy atom. The Labute approximate surface area is 187 Å². The number of ether oxygens (including phenoxy) is 2. The predicted octanol–water partition coefficient (Wildman–Crippen LogP) is 3.29. The van der Waals surface area contributed by atoms with E-state index in [0.29, 0.717) is 29.5 Å². The number of amides is 2. The maximum Gasteiger partial charge on any atom is 0.254 e. The summed E-state index contributed by atoms with van der Waals surface area (Å²) in [5.41, 5.74) is 3.91. The van der Waals surface area contributed by atoms with Crippen LogP contribution in [0.1, 0.15) is 42.6 Å². The molecule has 1 aromatic rings. The Hall–Kier alpha value is -2.22. The van der Waals surface area contributed by atoms with Crippen molar-refractivity contribution in [3.05, 3.63) is 39.9 Å². The number of carbonyl (C=O) groups is 2. The average molecular weight is 446 g/mol. The molecule has 2 amide bonds. The molecule has 7 nitrogen and oxygen atoms in total. The molecule has 3 aliphatic heterocycles. The van der Waals surface area contributed by atoms with Crippen molar-refractivity contribution in [2.75, 3.05) is 37.7 Å². The Kier molecular flexibility index (Phi) is 6.19. The number of anilines is 1. The lowest BCUT2D eigenvalue weighted by atomic mass is 9.95. The molecule has 4 rings (SSSR count). The molecule has 1 atom stereocenters. The number of rotatable bonds is 4. The summed E-state index contributed by atoms with van der Waals surface area (Å²) in [7, 11) is 0. The molecule has 1 N–H and O–H groups in total. The van der Waals surface area contributed by atoms with E-state index in [4.69, 9.17) is 21.1 Å². The Morgan fingerprint density at radius 2 is 1.90 bits per heavy atom. The molecule has 0 aromatic heterocycles. The number of carbonyl (C=O) groups excluding carboxylic acids is 2. The van der Waals surface area contributed by atoms with E-state index in [9.17, 15) is 9.59 Å². The van der Waals surface area contributed by atoms with E-state index < -0.39 is 11.7 Å². The summed E-state index contributed by atoms with van der Waals surface area (Å²) in [4.78, 5) is 31.4. The van der Waals surface area contributed by atoms with Crippen molar-refractivity contribution in [3.8, 4) is 0 Å². The summed E-state index contributed by atoms with van der Waals surface area (Å²) < 4.78 is 11.6. The molecule has 166 valence electrons. The van der Waals surface area contributed by atoms with Gasteiger partial charge in [0, 0.05) is 54.5 Å². The zero-order valence-corrected chi connectivity index (χ0v) is 18.9. The van der Waals surface area contributed by atoms with Gasteiger partial charge in [0.15, 0.2) is 5.79 Å². The van der Waals surface area contributed by atoms with Crippen molar-refractivity contribution in [2.24, 2.45) is 10.9 Å². The predicted molar refractivity (Wildman–Crippen MR) is 120 cm³/mol. The fourth-order valence-corrected chi connectivity index (χ4v) is 4.76. The molecule has 1 spiro atoms. The molecule has 1 unspecified atom stereocenters. The Morgan fingerprint density at radius 1 is 1.23 bits per heavy atom. The van der Waals surface area contributed by atoms with Gasteiger partial charge in [-0.25, -0.2) is 4.99 Å². The molecule has 0 aliphatic carbocycles. The molecule has 0 saturated carbocycles. The molecular weight excluding hydrogens is 418 g/mol. The van der Waals surface area contributed by atoms with Crippen LogP contribution in [0, 0.1) is 12.8 Å². The first-order valence-electron chi connectivity index (χ1n) is 10.7. The molecule has 2 fully saturated rings. The minimum atomic E-state index is -0.456. The highest BCUT2D eigenvalue weighted by molar-refractivity contribution is 6.31. The van der Waals surface area contributed by atoms with E-state index in [1.54, 1.807) is 13.0 Å². The first-order chi connectivity index (χ1) is 14.8. The Bertz CT molecular complexity index is 956. The van der Waals surface area contributed by atoms with Crippen molar-refractivity contribution in [2.45, 2.75) is 39.4 Å². The quantitative estimate of drug-likeness (QED) is 0.769. The smallest absolute Gasteiger partial charge is 0.254 e. The second-order valence-corrected chi connectivity index (χ2v) is 8.87. The van der Waals surface area contributed by atoms with Crippen molar-refractivity contribution in [1.29, 1.82) is 0 Å². The molecule has 0 radical (unpaired) electrons. The average Bonchev–Trinajstić information content (AvgIpc) is 3.17. The van der Waals surface area contributed by atoms with Crippen molar-refractivity contribution in [1.82, 2.24) is 5.32 Å². The summed E-state index contributed by atoms with van der Waals surface area (Å²) >= 11 is 6.38. The number of benzene rings is 1. The maximum absolute atomic E-state index is 13.0. The van der Waals surface area contributed by atoms with Gasteiger partial charge in [0.2, 0.25) is 0 Å². The van der Waals surface area contributed by atoms with Crippen LogP contribution >= 0.6 is 11.6 Å². The van der Waals surface area contributed by atoms with Gasteiger partial charge in [-0.2, -0.15) is 0 Å². The third-order valence-electron chi connectivity index (χ3n) is 6.31. The van der Waals surface area contributed by atoms with Gasteiger partial charge >= 0.3 is 0 Å². The summed E-state index contributed by atoms with van der Waals surface area (Å²) in [5, 5.41) is 3.40. The number of aliphatic imine (C=N–C) groups is 1. The summed E-state index contributed by atoms with van der Waals surface area (Å²) in [6.07, 6.45) is 3.42. The van der Waals surface area contributed by atoms with E-state index in [1.807, 2.05) is 26.0 Å². The number of nitrogens with one attached hydrogen (secondary N) is 1. The van der Waals surface area contributed by atoms with Gasteiger partial charge in [0.05, 0.1) is 19.1 Å². The van der Waals surface area contributed by atoms with E-state index in [1.165, 1.54) is 0 Å². The monoisotopic (exact) mass is 445 g/mol. The number of nitrogens with zero attached hydrogens (tertiary/aromatic N) is 2. The zero-order chi connectivity index (χ0) is 22.2. The lowest BCUT2D eigenvalue weighted by molar-refractivity contribution is -0.169. The molecular formula is C23H28ClN3O4. The van der Waals surface area contributed by atoms with Crippen LogP contribution in [0.4, 0.5) is 5.69 Å². The molecule has 0 bridgehead atoms.